The number of sulfonamides is 1. The number of carbonyl (C=O) groups is 2. The summed E-state index contributed by atoms with van der Waals surface area (Å²) in [5.41, 5.74) is 0.279. The quantitative estimate of drug-likeness (QED) is 0.297. The van der Waals surface area contributed by atoms with E-state index in [1.54, 1.807) is 0 Å². The smallest absolute Gasteiger partial charge is 0.321 e. The maximum atomic E-state index is 12.5. The summed E-state index contributed by atoms with van der Waals surface area (Å²) in [5, 5.41) is 19.5. The number of hydrogen-bond acceptors (Lipinski definition) is 6. The highest BCUT2D eigenvalue weighted by Crippen LogP contribution is 2.18. The van der Waals surface area contributed by atoms with Crippen molar-refractivity contribution < 1.29 is 28.0 Å². The lowest BCUT2D eigenvalue weighted by atomic mass is 10.1. The maximum Gasteiger partial charge on any atom is 0.321 e. The predicted molar refractivity (Wildman–Crippen MR) is 100 cm³/mol. The van der Waals surface area contributed by atoms with Gasteiger partial charge in [-0.15, -0.1) is 0 Å². The molecule has 0 aromatic heterocycles. The maximum absolute atomic E-state index is 12.5. The summed E-state index contributed by atoms with van der Waals surface area (Å²) in [6.07, 6.45) is 2.53. The van der Waals surface area contributed by atoms with Crippen LogP contribution in [0.15, 0.2) is 59.5 Å². The van der Waals surface area contributed by atoms with Crippen LogP contribution < -0.4 is 4.72 Å². The van der Waals surface area contributed by atoms with Crippen LogP contribution in [0.2, 0.25) is 0 Å². The van der Waals surface area contributed by atoms with Gasteiger partial charge in [0.2, 0.25) is 10.0 Å². The van der Waals surface area contributed by atoms with Crippen molar-refractivity contribution in [2.45, 2.75) is 17.9 Å². The number of aliphatic carboxylic acids is 1. The first-order chi connectivity index (χ1) is 13.1. The Bertz CT molecular complexity index is 1040. The van der Waals surface area contributed by atoms with E-state index in [1.807, 2.05) is 4.72 Å². The van der Waals surface area contributed by atoms with Crippen molar-refractivity contribution in [1.29, 1.82) is 0 Å². The molecule has 2 aromatic carbocycles. The van der Waals surface area contributed by atoms with E-state index >= 15 is 0 Å². The summed E-state index contributed by atoms with van der Waals surface area (Å²) >= 11 is 0. The highest BCUT2D eigenvalue weighted by Gasteiger charge is 2.25. The highest BCUT2D eigenvalue weighted by atomic mass is 32.2. The number of nitrogens with zero attached hydrogens (tertiary/aromatic N) is 1. The molecule has 2 aromatic rings. The molecule has 10 heteroatoms. The van der Waals surface area contributed by atoms with E-state index in [0.717, 1.165) is 6.08 Å². The van der Waals surface area contributed by atoms with Crippen molar-refractivity contribution in [3.8, 4) is 0 Å². The molecule has 0 heterocycles. The van der Waals surface area contributed by atoms with Crippen molar-refractivity contribution >= 4 is 33.5 Å². The first-order valence-corrected chi connectivity index (χ1v) is 9.41. The van der Waals surface area contributed by atoms with Gasteiger partial charge in [0.1, 0.15) is 6.04 Å². The Morgan fingerprint density at radius 1 is 1.14 bits per heavy atom. The molecule has 0 fully saturated rings. The van der Waals surface area contributed by atoms with E-state index in [0.29, 0.717) is 5.56 Å². The number of benzene rings is 2. The Hall–Kier alpha value is -3.37. The number of nitrogens with one attached hydrogen (secondary N) is 1. The summed E-state index contributed by atoms with van der Waals surface area (Å²) in [7, 11) is -4.24. The Morgan fingerprint density at radius 2 is 1.75 bits per heavy atom. The van der Waals surface area contributed by atoms with E-state index in [2.05, 4.69) is 0 Å². The van der Waals surface area contributed by atoms with Gasteiger partial charge in [0.25, 0.3) is 5.69 Å². The minimum absolute atomic E-state index is 0.0986. The molecule has 0 aliphatic heterocycles. The molecular formula is C18H16N2O7S. The number of rotatable bonds is 8. The molecule has 1 atom stereocenters. The Morgan fingerprint density at radius 3 is 2.32 bits per heavy atom. The summed E-state index contributed by atoms with van der Waals surface area (Å²) in [6.45, 7) is 1.17. The largest absolute Gasteiger partial charge is 0.480 e. The van der Waals surface area contributed by atoms with Crippen molar-refractivity contribution in [3.05, 3.63) is 75.8 Å². The van der Waals surface area contributed by atoms with Gasteiger partial charge in [-0.25, -0.2) is 8.42 Å². The molecule has 9 nitrogen and oxygen atoms in total. The number of allylic oxidation sites excluding steroid dienone is 1. The van der Waals surface area contributed by atoms with Gasteiger partial charge in [0.05, 0.1) is 9.82 Å². The van der Waals surface area contributed by atoms with Crippen LogP contribution in [0.4, 0.5) is 5.69 Å². The lowest BCUT2D eigenvalue weighted by Crippen LogP contribution is -2.38. The first-order valence-electron chi connectivity index (χ1n) is 7.93. The van der Waals surface area contributed by atoms with Crippen molar-refractivity contribution in [2.24, 2.45) is 0 Å². The minimum atomic E-state index is -4.24. The third kappa shape index (κ3) is 5.09. The molecule has 0 aliphatic carbocycles. The molecule has 2 rings (SSSR count). The van der Waals surface area contributed by atoms with Crippen LogP contribution in [0.25, 0.3) is 6.08 Å². The van der Waals surface area contributed by atoms with Crippen LogP contribution >= 0.6 is 0 Å². The summed E-state index contributed by atoms with van der Waals surface area (Å²) in [5.74, 6) is -1.98. The fraction of sp³-hybridized carbons (Fsp3) is 0.111. The molecule has 0 spiro atoms. The lowest BCUT2D eigenvalue weighted by Gasteiger charge is -2.12. The number of hydrogen-bond donors (Lipinski definition) is 2. The van der Waals surface area contributed by atoms with E-state index < -0.39 is 32.7 Å². The van der Waals surface area contributed by atoms with Crippen LogP contribution in [0.1, 0.15) is 22.8 Å². The minimum Gasteiger partial charge on any atom is -0.480 e. The van der Waals surface area contributed by atoms with Gasteiger partial charge in [0.15, 0.2) is 5.78 Å². The molecule has 146 valence electrons. The van der Waals surface area contributed by atoms with E-state index in [-0.39, 0.29) is 16.1 Å². The zero-order chi connectivity index (χ0) is 20.9. The zero-order valence-electron chi connectivity index (χ0n) is 14.6. The van der Waals surface area contributed by atoms with Crippen molar-refractivity contribution in [1.82, 2.24) is 4.72 Å². The number of ketones is 1. The van der Waals surface area contributed by atoms with E-state index in [4.69, 9.17) is 5.11 Å². The number of carbonyl (C=O) groups excluding carboxylic acids is 1. The fourth-order valence-electron chi connectivity index (χ4n) is 2.22. The van der Waals surface area contributed by atoms with Gasteiger partial charge < -0.3 is 5.11 Å². The molecule has 0 radical (unpaired) electrons. The van der Waals surface area contributed by atoms with E-state index in [1.165, 1.54) is 61.5 Å². The van der Waals surface area contributed by atoms with Gasteiger partial charge in [-0.05, 0) is 42.8 Å². The third-order valence-electron chi connectivity index (χ3n) is 3.68. The standard InChI is InChI=1S/C18H16N2O7S/c1-12(18(22)23)19-28(26,27)17-5-3-2-4-15(17)16(21)11-8-13-6-9-14(10-7-13)20(24)25/h2-12,19H,1H3,(H,22,23). The normalized spacial score (nSPS) is 12.6. The molecule has 0 amide bonds. The van der Waals surface area contributed by atoms with Gasteiger partial charge >= 0.3 is 5.97 Å². The Balaban J connectivity index is 2.29. The molecule has 0 saturated heterocycles. The second-order valence-electron chi connectivity index (χ2n) is 5.72. The van der Waals surface area contributed by atoms with Gasteiger partial charge in [-0.3, -0.25) is 19.7 Å². The number of carboxylic acid groups (broad SMARTS) is 1. The number of non-ortho nitro benzene ring substituents is 1. The predicted octanol–water partition coefficient (Wildman–Crippen LogP) is 2.24. The number of carboxylic acids is 1. The van der Waals surface area contributed by atoms with Crippen molar-refractivity contribution in [2.75, 3.05) is 0 Å². The SMILES string of the molecule is CC(NS(=O)(=O)c1ccccc1C(=O)C=Cc1ccc([N+](=O)[O-])cc1)C(=O)O. The van der Waals surface area contributed by atoms with Crippen LogP contribution in [-0.4, -0.2) is 36.2 Å². The second kappa shape index (κ2) is 8.55. The molecule has 2 N–H and O–H groups in total. The van der Waals surface area contributed by atoms with Crippen LogP contribution in [0.3, 0.4) is 0 Å². The number of nitro benzene ring substituents is 1. The Kier molecular flexibility index (Phi) is 6.39. The van der Waals surface area contributed by atoms with Crippen LogP contribution in [0, 0.1) is 10.1 Å². The average molecular weight is 404 g/mol. The molecule has 0 aliphatic rings. The average Bonchev–Trinajstić information content (AvgIpc) is 2.66. The summed E-state index contributed by atoms with van der Waals surface area (Å²) < 4.78 is 26.9. The number of nitro groups is 1. The van der Waals surface area contributed by atoms with E-state index in [9.17, 15) is 28.1 Å². The van der Waals surface area contributed by atoms with Gasteiger partial charge in [-0.2, -0.15) is 4.72 Å². The topological polar surface area (TPSA) is 144 Å². The van der Waals surface area contributed by atoms with Crippen LogP contribution in [0.5, 0.6) is 0 Å². The van der Waals surface area contributed by atoms with Crippen molar-refractivity contribution in [3.63, 3.8) is 0 Å². The second-order valence-corrected chi connectivity index (χ2v) is 7.41. The molecule has 1 unspecified atom stereocenters. The van der Waals surface area contributed by atoms with Gasteiger partial charge in [0, 0.05) is 17.7 Å². The molecular weight excluding hydrogens is 388 g/mol. The molecule has 0 bridgehead atoms. The molecule has 0 saturated carbocycles. The third-order valence-corrected chi connectivity index (χ3v) is 5.27. The Labute approximate surface area is 160 Å². The summed E-state index contributed by atoms with van der Waals surface area (Å²) in [4.78, 5) is 33.1. The first kappa shape index (κ1) is 20.9. The lowest BCUT2D eigenvalue weighted by molar-refractivity contribution is -0.384. The summed E-state index contributed by atoms with van der Waals surface area (Å²) in [6, 6.07) is 9.47. The fourth-order valence-corrected chi connectivity index (χ4v) is 3.63. The monoisotopic (exact) mass is 404 g/mol. The zero-order valence-corrected chi connectivity index (χ0v) is 15.4. The van der Waals surface area contributed by atoms with Gasteiger partial charge in [-0.1, -0.05) is 18.2 Å². The van der Waals surface area contributed by atoms with Crippen LogP contribution in [-0.2, 0) is 14.8 Å². The highest BCUT2D eigenvalue weighted by molar-refractivity contribution is 7.89. The molecule has 28 heavy (non-hydrogen) atoms.